The van der Waals surface area contributed by atoms with E-state index in [1.807, 2.05) is 0 Å². The minimum absolute atomic E-state index is 0.0922. The van der Waals surface area contributed by atoms with E-state index in [1.165, 1.54) is 0 Å². The van der Waals surface area contributed by atoms with Gasteiger partial charge in [0.05, 0.1) is 14.5 Å². The number of carbonyl (C=O) groups excluding carboxylic acids is 1. The van der Waals surface area contributed by atoms with Crippen LogP contribution >= 0.6 is 0 Å². The number of carbonyl (C=O) groups is 1. The number of rotatable bonds is 1. The van der Waals surface area contributed by atoms with Crippen LogP contribution in [0.2, 0.25) is 0 Å². The Morgan fingerprint density at radius 2 is 2.17 bits per heavy atom. The molecule has 94 valence electrons. The zero-order chi connectivity index (χ0) is 13.0. The fourth-order valence-electron chi connectivity index (χ4n) is 1.94. The van der Waals surface area contributed by atoms with Crippen molar-refractivity contribution in [1.82, 2.24) is 0 Å². The molecule has 2 radical (unpaired) electrons. The van der Waals surface area contributed by atoms with Gasteiger partial charge < -0.3 is 10.1 Å². The van der Waals surface area contributed by atoms with E-state index in [4.69, 9.17) is 12.6 Å². The average Bonchev–Trinajstić information content (AvgIpc) is 2.37. The first-order chi connectivity index (χ1) is 8.72. The van der Waals surface area contributed by atoms with E-state index in [-0.39, 0.29) is 17.9 Å². The Bertz CT molecular complexity index is 451. The molecule has 1 aliphatic heterocycles. The molecule has 1 amide bonds. The Balaban J connectivity index is 2.36. The molecule has 0 atom stereocenters. The monoisotopic (exact) mass is 247 g/mol. The highest BCUT2D eigenvalue weighted by Crippen LogP contribution is 2.31. The molecule has 0 bridgehead atoms. The Hall–Kier alpha value is -1.52. The number of ether oxygens (including phenoxy) is 1. The van der Waals surface area contributed by atoms with Crippen molar-refractivity contribution in [3.05, 3.63) is 23.5 Å². The Labute approximate surface area is 107 Å². The molecule has 0 saturated carbocycles. The molecule has 0 fully saturated rings. The highest BCUT2D eigenvalue weighted by atomic mass is 19.1. The van der Waals surface area contributed by atoms with E-state index in [0.717, 1.165) is 19.3 Å². The standard InChI is InChI=1S/C13H15BFNO2/c14-8-9-5-6-10-13(12(9)15)16-11(17)4-2-1-3-7-18-10/h5-6H,1-4,7-8H2,(H,16,17). The number of halogens is 1. The van der Waals surface area contributed by atoms with Gasteiger partial charge in [-0.05, 0) is 30.9 Å². The summed E-state index contributed by atoms with van der Waals surface area (Å²) in [6.45, 7) is 0.532. The smallest absolute Gasteiger partial charge is 0.224 e. The third kappa shape index (κ3) is 2.83. The largest absolute Gasteiger partial charge is 0.491 e. The Morgan fingerprint density at radius 1 is 1.33 bits per heavy atom. The van der Waals surface area contributed by atoms with Crippen LogP contribution in [-0.2, 0) is 11.1 Å². The summed E-state index contributed by atoms with van der Waals surface area (Å²) in [5.41, 5.74) is 0.486. The van der Waals surface area contributed by atoms with Crippen molar-refractivity contribution >= 4 is 19.4 Å². The lowest BCUT2D eigenvalue weighted by Gasteiger charge is -2.17. The first-order valence-electron chi connectivity index (χ1n) is 6.16. The molecule has 0 unspecified atom stereocenters. The van der Waals surface area contributed by atoms with Crippen LogP contribution in [0.4, 0.5) is 10.1 Å². The summed E-state index contributed by atoms with van der Waals surface area (Å²) in [5.74, 6) is -0.307. The van der Waals surface area contributed by atoms with Gasteiger partial charge in [-0.15, -0.1) is 0 Å². The summed E-state index contributed by atoms with van der Waals surface area (Å²) in [6.07, 6.45) is 3.10. The third-order valence-electron chi connectivity index (χ3n) is 2.97. The molecule has 1 aromatic carbocycles. The first-order valence-corrected chi connectivity index (χ1v) is 6.16. The van der Waals surface area contributed by atoms with Gasteiger partial charge in [0.15, 0.2) is 5.82 Å². The molecule has 0 aromatic heterocycles. The molecular weight excluding hydrogens is 232 g/mol. The summed E-state index contributed by atoms with van der Waals surface area (Å²) >= 11 is 0. The highest BCUT2D eigenvalue weighted by molar-refractivity contribution is 6.08. The number of anilines is 1. The molecule has 1 aliphatic rings. The van der Waals surface area contributed by atoms with Crippen LogP contribution in [0.1, 0.15) is 31.2 Å². The van der Waals surface area contributed by atoms with E-state index in [1.54, 1.807) is 12.1 Å². The molecule has 2 rings (SSSR count). The van der Waals surface area contributed by atoms with Crippen molar-refractivity contribution in [2.75, 3.05) is 11.9 Å². The molecule has 5 heteroatoms. The van der Waals surface area contributed by atoms with Gasteiger partial charge in [-0.1, -0.05) is 12.4 Å². The number of amides is 1. The van der Waals surface area contributed by atoms with Gasteiger partial charge >= 0.3 is 0 Å². The topological polar surface area (TPSA) is 38.3 Å². The minimum Gasteiger partial charge on any atom is -0.491 e. The predicted octanol–water partition coefficient (Wildman–Crippen LogP) is 2.39. The second-order valence-corrected chi connectivity index (χ2v) is 4.32. The van der Waals surface area contributed by atoms with E-state index in [0.29, 0.717) is 24.3 Å². The number of fused-ring (bicyclic) bond motifs is 1. The van der Waals surface area contributed by atoms with Crippen molar-refractivity contribution in [3.8, 4) is 5.75 Å². The van der Waals surface area contributed by atoms with Crippen LogP contribution in [0.5, 0.6) is 5.75 Å². The van der Waals surface area contributed by atoms with Crippen LogP contribution in [0.15, 0.2) is 12.1 Å². The van der Waals surface area contributed by atoms with E-state index in [9.17, 15) is 9.18 Å². The summed E-state index contributed by atoms with van der Waals surface area (Å²) in [6, 6.07) is 3.24. The Kier molecular flexibility index (Phi) is 4.23. The number of hydrogen-bond donors (Lipinski definition) is 1. The van der Waals surface area contributed by atoms with Gasteiger partial charge in [-0.3, -0.25) is 4.79 Å². The SMILES string of the molecule is [B]Cc1ccc2c(c1F)NC(=O)CCCCCO2. The maximum absolute atomic E-state index is 14.1. The molecule has 3 nitrogen and oxygen atoms in total. The summed E-state index contributed by atoms with van der Waals surface area (Å²) in [4.78, 5) is 11.7. The van der Waals surface area contributed by atoms with Crippen LogP contribution in [0.25, 0.3) is 0 Å². The molecule has 18 heavy (non-hydrogen) atoms. The van der Waals surface area contributed by atoms with E-state index in [2.05, 4.69) is 5.32 Å². The lowest BCUT2D eigenvalue weighted by molar-refractivity contribution is -0.116. The maximum Gasteiger partial charge on any atom is 0.224 e. The van der Waals surface area contributed by atoms with Crippen molar-refractivity contribution in [3.63, 3.8) is 0 Å². The van der Waals surface area contributed by atoms with Gasteiger partial charge in [0.1, 0.15) is 11.4 Å². The molecule has 0 aliphatic carbocycles. The molecule has 1 N–H and O–H groups in total. The predicted molar refractivity (Wildman–Crippen MR) is 68.5 cm³/mol. The van der Waals surface area contributed by atoms with Crippen LogP contribution in [-0.4, -0.2) is 20.4 Å². The van der Waals surface area contributed by atoms with Crippen LogP contribution in [0, 0.1) is 5.82 Å². The van der Waals surface area contributed by atoms with Gasteiger partial charge in [0.2, 0.25) is 5.91 Å². The molecule has 1 aromatic rings. The van der Waals surface area contributed by atoms with Gasteiger partial charge in [0.25, 0.3) is 0 Å². The number of benzene rings is 1. The zero-order valence-electron chi connectivity index (χ0n) is 10.2. The number of nitrogens with one attached hydrogen (secondary N) is 1. The fourth-order valence-corrected chi connectivity index (χ4v) is 1.94. The van der Waals surface area contributed by atoms with Gasteiger partial charge in [-0.25, -0.2) is 4.39 Å². The van der Waals surface area contributed by atoms with Crippen molar-refractivity contribution in [2.45, 2.75) is 32.0 Å². The average molecular weight is 247 g/mol. The highest BCUT2D eigenvalue weighted by Gasteiger charge is 2.17. The lowest BCUT2D eigenvalue weighted by atomic mass is 9.95. The van der Waals surface area contributed by atoms with Crippen molar-refractivity contribution < 1.29 is 13.9 Å². The van der Waals surface area contributed by atoms with Gasteiger partial charge in [0, 0.05) is 6.42 Å². The minimum atomic E-state index is -0.496. The summed E-state index contributed by atoms with van der Waals surface area (Å²) in [5, 5.41) is 2.58. The van der Waals surface area contributed by atoms with Crippen molar-refractivity contribution in [1.29, 1.82) is 0 Å². The zero-order valence-corrected chi connectivity index (χ0v) is 10.2. The summed E-state index contributed by atoms with van der Waals surface area (Å²) in [7, 11) is 5.45. The van der Waals surface area contributed by atoms with E-state index >= 15 is 0 Å². The molecule has 1 heterocycles. The second-order valence-electron chi connectivity index (χ2n) is 4.32. The number of hydrogen-bond acceptors (Lipinski definition) is 2. The molecule has 0 spiro atoms. The summed E-state index contributed by atoms with van der Waals surface area (Å²) < 4.78 is 19.6. The molecule has 0 saturated heterocycles. The quantitative estimate of drug-likeness (QED) is 0.773. The Morgan fingerprint density at radius 3 is 2.94 bits per heavy atom. The first kappa shape index (κ1) is 12.9. The van der Waals surface area contributed by atoms with Crippen LogP contribution < -0.4 is 10.1 Å². The van der Waals surface area contributed by atoms with E-state index < -0.39 is 5.82 Å². The maximum atomic E-state index is 14.1. The normalized spacial score (nSPS) is 16.4. The third-order valence-corrected chi connectivity index (χ3v) is 2.97. The van der Waals surface area contributed by atoms with Gasteiger partial charge in [-0.2, -0.15) is 0 Å². The fraction of sp³-hybridized carbons (Fsp3) is 0.462. The second kappa shape index (κ2) is 5.89. The lowest BCUT2D eigenvalue weighted by Crippen LogP contribution is -2.16. The van der Waals surface area contributed by atoms with Crippen molar-refractivity contribution in [2.24, 2.45) is 0 Å². The molecular formula is C13H15BFNO2. The van der Waals surface area contributed by atoms with Crippen LogP contribution in [0.3, 0.4) is 0 Å².